The van der Waals surface area contributed by atoms with Crippen molar-refractivity contribution in [3.63, 3.8) is 0 Å². The standard InChI is InChI=1S/C16H19ClFN3/c1-4-7-19-9-13-10(2)20-16(21-11(13)3)12-5-6-15(18)14(17)8-12/h5-6,8,19H,4,7,9H2,1-3H3. The van der Waals surface area contributed by atoms with Crippen LogP contribution in [0.15, 0.2) is 18.2 Å². The lowest BCUT2D eigenvalue weighted by atomic mass is 10.1. The van der Waals surface area contributed by atoms with Crippen molar-refractivity contribution in [3.05, 3.63) is 46.0 Å². The quantitative estimate of drug-likeness (QED) is 0.847. The fourth-order valence-electron chi connectivity index (χ4n) is 2.15. The van der Waals surface area contributed by atoms with Gasteiger partial charge in [-0.1, -0.05) is 18.5 Å². The third-order valence-electron chi connectivity index (χ3n) is 3.33. The third-order valence-corrected chi connectivity index (χ3v) is 3.62. The van der Waals surface area contributed by atoms with Crippen molar-refractivity contribution in [1.29, 1.82) is 0 Å². The second kappa shape index (κ2) is 6.96. The van der Waals surface area contributed by atoms with Crippen LogP contribution in [0.25, 0.3) is 11.4 Å². The number of nitrogens with one attached hydrogen (secondary N) is 1. The first-order valence-electron chi connectivity index (χ1n) is 7.03. The lowest BCUT2D eigenvalue weighted by molar-refractivity contribution is 0.628. The Morgan fingerprint density at radius 3 is 2.43 bits per heavy atom. The molecule has 3 nitrogen and oxygen atoms in total. The van der Waals surface area contributed by atoms with Gasteiger partial charge >= 0.3 is 0 Å². The zero-order valence-corrected chi connectivity index (χ0v) is 13.3. The Kier molecular flexibility index (Phi) is 5.26. The van der Waals surface area contributed by atoms with Gasteiger partial charge in [-0.2, -0.15) is 0 Å². The Morgan fingerprint density at radius 1 is 1.19 bits per heavy atom. The highest BCUT2D eigenvalue weighted by molar-refractivity contribution is 6.31. The largest absolute Gasteiger partial charge is 0.313 e. The Bertz CT molecular complexity index is 620. The summed E-state index contributed by atoms with van der Waals surface area (Å²) in [4.78, 5) is 9.04. The van der Waals surface area contributed by atoms with Gasteiger partial charge in [-0.3, -0.25) is 0 Å². The maximum atomic E-state index is 13.2. The predicted molar refractivity (Wildman–Crippen MR) is 83.9 cm³/mol. The van der Waals surface area contributed by atoms with Crippen molar-refractivity contribution in [1.82, 2.24) is 15.3 Å². The number of rotatable bonds is 5. The van der Waals surface area contributed by atoms with E-state index >= 15 is 0 Å². The molecule has 1 aromatic heterocycles. The number of halogens is 2. The smallest absolute Gasteiger partial charge is 0.159 e. The second-order valence-corrected chi connectivity index (χ2v) is 5.41. The van der Waals surface area contributed by atoms with Crippen LogP contribution < -0.4 is 5.32 Å². The van der Waals surface area contributed by atoms with Gasteiger partial charge in [0, 0.05) is 29.1 Å². The van der Waals surface area contributed by atoms with E-state index < -0.39 is 5.82 Å². The molecule has 0 amide bonds. The van der Waals surface area contributed by atoms with E-state index in [1.807, 2.05) is 13.8 Å². The van der Waals surface area contributed by atoms with Crippen LogP contribution in [0.3, 0.4) is 0 Å². The molecule has 0 aliphatic rings. The summed E-state index contributed by atoms with van der Waals surface area (Å²) in [6.07, 6.45) is 1.09. The van der Waals surface area contributed by atoms with Crippen LogP contribution >= 0.6 is 11.6 Å². The SMILES string of the molecule is CCCNCc1c(C)nc(-c2ccc(F)c(Cl)c2)nc1C. The summed E-state index contributed by atoms with van der Waals surface area (Å²) < 4.78 is 13.2. The summed E-state index contributed by atoms with van der Waals surface area (Å²) >= 11 is 5.82. The minimum Gasteiger partial charge on any atom is -0.313 e. The van der Waals surface area contributed by atoms with Gasteiger partial charge in [0.2, 0.25) is 0 Å². The molecular formula is C16H19ClFN3. The molecule has 0 spiro atoms. The van der Waals surface area contributed by atoms with Crippen LogP contribution in [-0.2, 0) is 6.54 Å². The van der Waals surface area contributed by atoms with Gasteiger partial charge in [-0.05, 0) is 45.0 Å². The van der Waals surface area contributed by atoms with Gasteiger partial charge in [0.1, 0.15) is 5.82 Å². The first-order chi connectivity index (χ1) is 10.0. The maximum Gasteiger partial charge on any atom is 0.159 e. The fraction of sp³-hybridized carbons (Fsp3) is 0.375. The molecule has 0 saturated heterocycles. The third kappa shape index (κ3) is 3.77. The molecule has 2 rings (SSSR count). The number of hydrogen-bond donors (Lipinski definition) is 1. The molecule has 0 aliphatic heterocycles. The Balaban J connectivity index is 2.32. The van der Waals surface area contributed by atoms with E-state index in [0.29, 0.717) is 5.82 Å². The zero-order valence-electron chi connectivity index (χ0n) is 12.5. The van der Waals surface area contributed by atoms with E-state index in [1.165, 1.54) is 6.07 Å². The van der Waals surface area contributed by atoms with Crippen LogP contribution in [0.2, 0.25) is 5.02 Å². The van der Waals surface area contributed by atoms with Crippen LogP contribution in [0.4, 0.5) is 4.39 Å². The molecule has 2 aromatic rings. The monoisotopic (exact) mass is 307 g/mol. The molecule has 0 aliphatic carbocycles. The number of hydrogen-bond acceptors (Lipinski definition) is 3. The second-order valence-electron chi connectivity index (χ2n) is 5.00. The van der Waals surface area contributed by atoms with Crippen LogP contribution in [0.5, 0.6) is 0 Å². The van der Waals surface area contributed by atoms with Crippen LogP contribution in [0.1, 0.15) is 30.3 Å². The Hall–Kier alpha value is -1.52. The Morgan fingerprint density at radius 2 is 1.86 bits per heavy atom. The molecule has 0 atom stereocenters. The lowest BCUT2D eigenvalue weighted by Crippen LogP contribution is -2.17. The van der Waals surface area contributed by atoms with Gasteiger partial charge < -0.3 is 5.32 Å². The molecule has 0 radical (unpaired) electrons. The molecule has 21 heavy (non-hydrogen) atoms. The summed E-state index contributed by atoms with van der Waals surface area (Å²) in [5, 5.41) is 3.44. The Labute approximate surface area is 129 Å². The van der Waals surface area contributed by atoms with E-state index in [-0.39, 0.29) is 5.02 Å². The number of aryl methyl sites for hydroxylation is 2. The van der Waals surface area contributed by atoms with Crippen molar-refractivity contribution >= 4 is 11.6 Å². The molecule has 0 fully saturated rings. The van der Waals surface area contributed by atoms with Crippen LogP contribution in [-0.4, -0.2) is 16.5 Å². The molecule has 1 heterocycles. The van der Waals surface area contributed by atoms with Gasteiger partial charge in [0.25, 0.3) is 0 Å². The summed E-state index contributed by atoms with van der Waals surface area (Å²) in [6, 6.07) is 4.53. The summed E-state index contributed by atoms with van der Waals surface area (Å²) in [5.74, 6) is 0.139. The maximum absolute atomic E-state index is 13.2. The molecule has 0 saturated carbocycles. The normalized spacial score (nSPS) is 10.9. The molecule has 1 N–H and O–H groups in total. The average Bonchev–Trinajstić information content (AvgIpc) is 2.44. The first-order valence-corrected chi connectivity index (χ1v) is 7.41. The topological polar surface area (TPSA) is 37.8 Å². The predicted octanol–water partition coefficient (Wildman–Crippen LogP) is 4.05. The number of benzene rings is 1. The molecule has 112 valence electrons. The highest BCUT2D eigenvalue weighted by atomic mass is 35.5. The summed E-state index contributed by atoms with van der Waals surface area (Å²) in [6.45, 7) is 7.79. The van der Waals surface area contributed by atoms with Crippen molar-refractivity contribution in [2.24, 2.45) is 0 Å². The van der Waals surface area contributed by atoms with E-state index in [0.717, 1.165) is 42.0 Å². The van der Waals surface area contributed by atoms with Crippen molar-refractivity contribution < 1.29 is 4.39 Å². The van der Waals surface area contributed by atoms with E-state index in [2.05, 4.69) is 22.2 Å². The van der Waals surface area contributed by atoms with E-state index in [1.54, 1.807) is 12.1 Å². The molecule has 0 unspecified atom stereocenters. The van der Waals surface area contributed by atoms with Crippen molar-refractivity contribution in [2.45, 2.75) is 33.7 Å². The van der Waals surface area contributed by atoms with Crippen LogP contribution in [0, 0.1) is 19.7 Å². The highest BCUT2D eigenvalue weighted by Crippen LogP contribution is 2.24. The lowest BCUT2D eigenvalue weighted by Gasteiger charge is -2.12. The van der Waals surface area contributed by atoms with Crippen molar-refractivity contribution in [2.75, 3.05) is 6.54 Å². The highest BCUT2D eigenvalue weighted by Gasteiger charge is 2.11. The van der Waals surface area contributed by atoms with E-state index in [4.69, 9.17) is 11.6 Å². The summed E-state index contributed by atoms with van der Waals surface area (Å²) in [7, 11) is 0. The van der Waals surface area contributed by atoms with Gasteiger partial charge in [-0.25, -0.2) is 14.4 Å². The number of nitrogens with zero attached hydrogens (tertiary/aromatic N) is 2. The molecular weight excluding hydrogens is 289 g/mol. The van der Waals surface area contributed by atoms with E-state index in [9.17, 15) is 4.39 Å². The number of aromatic nitrogens is 2. The fourth-order valence-corrected chi connectivity index (χ4v) is 2.33. The zero-order chi connectivity index (χ0) is 15.4. The van der Waals surface area contributed by atoms with Gasteiger partial charge in [0.15, 0.2) is 5.82 Å². The van der Waals surface area contributed by atoms with Gasteiger partial charge in [0.05, 0.1) is 5.02 Å². The molecule has 5 heteroatoms. The van der Waals surface area contributed by atoms with Gasteiger partial charge in [-0.15, -0.1) is 0 Å². The molecule has 0 bridgehead atoms. The summed E-state index contributed by atoms with van der Waals surface area (Å²) in [5.41, 5.74) is 3.70. The first kappa shape index (κ1) is 15.9. The average molecular weight is 308 g/mol. The minimum absolute atomic E-state index is 0.0834. The van der Waals surface area contributed by atoms with Crippen molar-refractivity contribution in [3.8, 4) is 11.4 Å². The molecule has 1 aromatic carbocycles. The minimum atomic E-state index is -0.436.